The van der Waals surface area contributed by atoms with Crippen LogP contribution in [0.2, 0.25) is 0 Å². The van der Waals surface area contributed by atoms with Crippen LogP contribution in [0.4, 0.5) is 11.4 Å². The average molecular weight is 448 g/mol. The second-order valence-corrected chi connectivity index (χ2v) is 9.30. The van der Waals surface area contributed by atoms with E-state index in [0.29, 0.717) is 18.7 Å². The number of carbonyl (C=O) groups excluding carboxylic acids is 1. The lowest BCUT2D eigenvalue weighted by atomic mass is 10.1. The number of hydrogen-bond donors (Lipinski definition) is 1. The predicted octanol–water partition coefficient (Wildman–Crippen LogP) is 3.73. The fourth-order valence-electron chi connectivity index (χ4n) is 3.53. The van der Waals surface area contributed by atoms with Gasteiger partial charge in [-0.2, -0.15) is 4.31 Å². The van der Waals surface area contributed by atoms with Crippen molar-refractivity contribution in [1.29, 1.82) is 0 Å². The van der Waals surface area contributed by atoms with Crippen LogP contribution in [0, 0.1) is 17.0 Å². The Morgan fingerprint density at radius 2 is 1.77 bits per heavy atom. The maximum absolute atomic E-state index is 13.2. The Balaban J connectivity index is 1.92. The summed E-state index contributed by atoms with van der Waals surface area (Å²) in [5, 5.41) is 13.7. The molecule has 3 rings (SSSR count). The maximum atomic E-state index is 13.2. The van der Waals surface area contributed by atoms with Crippen molar-refractivity contribution in [2.75, 3.05) is 25.5 Å². The molecule has 1 saturated heterocycles. The largest absolute Gasteiger partial charge is 0.495 e. The summed E-state index contributed by atoms with van der Waals surface area (Å²) in [6.45, 7) is 2.46. The van der Waals surface area contributed by atoms with Crippen molar-refractivity contribution in [3.05, 3.63) is 57.6 Å². The first-order chi connectivity index (χ1) is 14.7. The van der Waals surface area contributed by atoms with E-state index in [4.69, 9.17) is 4.74 Å². The Morgan fingerprint density at radius 1 is 1.10 bits per heavy atom. The SMILES string of the molecule is COc1ccc(C(=O)Nc2ccc(C)c([N+](=O)[O-])c2)cc1S(=O)(=O)N1CCCCCC1. The topological polar surface area (TPSA) is 119 Å². The van der Waals surface area contributed by atoms with Crippen LogP contribution in [0.5, 0.6) is 5.75 Å². The van der Waals surface area contributed by atoms with E-state index >= 15 is 0 Å². The highest BCUT2D eigenvalue weighted by atomic mass is 32.2. The zero-order chi connectivity index (χ0) is 22.6. The number of methoxy groups -OCH3 is 1. The number of nitro benzene ring substituents is 1. The Morgan fingerprint density at radius 3 is 2.39 bits per heavy atom. The van der Waals surface area contributed by atoms with Gasteiger partial charge < -0.3 is 10.1 Å². The van der Waals surface area contributed by atoms with Crippen LogP contribution < -0.4 is 10.1 Å². The highest BCUT2D eigenvalue weighted by molar-refractivity contribution is 7.89. The van der Waals surface area contributed by atoms with Gasteiger partial charge in [-0.15, -0.1) is 0 Å². The van der Waals surface area contributed by atoms with Crippen LogP contribution in [0.25, 0.3) is 0 Å². The number of nitrogens with one attached hydrogen (secondary N) is 1. The number of amides is 1. The third kappa shape index (κ3) is 5.02. The molecule has 0 bridgehead atoms. The summed E-state index contributed by atoms with van der Waals surface area (Å²) in [5.41, 5.74) is 0.711. The molecule has 31 heavy (non-hydrogen) atoms. The summed E-state index contributed by atoms with van der Waals surface area (Å²) in [7, 11) is -2.46. The van der Waals surface area contributed by atoms with Crippen molar-refractivity contribution < 1.29 is 22.9 Å². The smallest absolute Gasteiger partial charge is 0.274 e. The van der Waals surface area contributed by atoms with Gasteiger partial charge in [0.05, 0.1) is 12.0 Å². The quantitative estimate of drug-likeness (QED) is 0.532. The van der Waals surface area contributed by atoms with E-state index in [1.807, 2.05) is 0 Å². The molecule has 0 saturated carbocycles. The molecule has 1 fully saturated rings. The van der Waals surface area contributed by atoms with E-state index in [1.54, 1.807) is 13.0 Å². The lowest BCUT2D eigenvalue weighted by Crippen LogP contribution is -2.32. The molecule has 1 amide bonds. The minimum absolute atomic E-state index is 0.0700. The second kappa shape index (κ2) is 9.44. The number of anilines is 1. The van der Waals surface area contributed by atoms with Gasteiger partial charge in [0.2, 0.25) is 10.0 Å². The van der Waals surface area contributed by atoms with Crippen LogP contribution in [0.15, 0.2) is 41.3 Å². The monoisotopic (exact) mass is 447 g/mol. The normalized spacial score (nSPS) is 15.2. The first-order valence-electron chi connectivity index (χ1n) is 9.98. The molecule has 1 aliphatic rings. The number of ether oxygens (including phenoxy) is 1. The van der Waals surface area contributed by atoms with Crippen molar-refractivity contribution in [3.63, 3.8) is 0 Å². The molecule has 166 valence electrons. The van der Waals surface area contributed by atoms with Crippen LogP contribution in [0.1, 0.15) is 41.6 Å². The van der Waals surface area contributed by atoms with Crippen molar-refractivity contribution in [1.82, 2.24) is 4.31 Å². The molecule has 0 aliphatic carbocycles. The number of carbonyl (C=O) groups is 1. The van der Waals surface area contributed by atoms with E-state index in [0.717, 1.165) is 25.7 Å². The second-order valence-electron chi connectivity index (χ2n) is 7.40. The number of rotatable bonds is 6. The standard InChI is InChI=1S/C21H25N3O6S/c1-15-7-9-17(14-18(15)24(26)27)22-21(25)16-8-10-19(30-2)20(13-16)31(28,29)23-11-5-3-4-6-12-23/h7-10,13-14H,3-6,11-12H2,1-2H3,(H,22,25). The van der Waals surface area contributed by atoms with Crippen molar-refractivity contribution in [3.8, 4) is 5.75 Å². The molecule has 9 nitrogen and oxygen atoms in total. The molecule has 0 unspecified atom stereocenters. The van der Waals surface area contributed by atoms with Crippen molar-refractivity contribution >= 4 is 27.3 Å². The molecule has 2 aromatic rings. The zero-order valence-corrected chi connectivity index (χ0v) is 18.3. The summed E-state index contributed by atoms with van der Waals surface area (Å²) >= 11 is 0. The molecule has 1 aliphatic heterocycles. The molecule has 0 aromatic heterocycles. The third-order valence-corrected chi connectivity index (χ3v) is 7.19. The Hall–Kier alpha value is -2.98. The fraction of sp³-hybridized carbons (Fsp3) is 0.381. The minimum Gasteiger partial charge on any atom is -0.495 e. The lowest BCUT2D eigenvalue weighted by molar-refractivity contribution is -0.385. The summed E-state index contributed by atoms with van der Waals surface area (Å²) in [4.78, 5) is 23.3. The van der Waals surface area contributed by atoms with Gasteiger partial charge in [0.1, 0.15) is 10.6 Å². The molecule has 1 heterocycles. The van der Waals surface area contributed by atoms with Crippen molar-refractivity contribution in [2.45, 2.75) is 37.5 Å². The minimum atomic E-state index is -3.84. The average Bonchev–Trinajstić information content (AvgIpc) is 3.04. The number of nitro groups is 1. The van der Waals surface area contributed by atoms with Crippen molar-refractivity contribution in [2.24, 2.45) is 0 Å². The molecule has 2 aromatic carbocycles. The van der Waals surface area contributed by atoms with Gasteiger partial charge in [0.15, 0.2) is 0 Å². The van der Waals surface area contributed by atoms with Gasteiger partial charge >= 0.3 is 0 Å². The fourth-order valence-corrected chi connectivity index (χ4v) is 5.23. The molecule has 0 spiro atoms. The van der Waals surface area contributed by atoms with E-state index in [1.165, 1.54) is 41.7 Å². The van der Waals surface area contributed by atoms with Crippen LogP contribution >= 0.6 is 0 Å². The van der Waals surface area contributed by atoms with Gasteiger partial charge in [-0.1, -0.05) is 18.9 Å². The third-order valence-electron chi connectivity index (χ3n) is 5.27. The number of hydrogen-bond acceptors (Lipinski definition) is 6. The molecule has 0 radical (unpaired) electrons. The van der Waals surface area contributed by atoms with E-state index in [-0.39, 0.29) is 27.6 Å². The first-order valence-corrected chi connectivity index (χ1v) is 11.4. The Kier molecular flexibility index (Phi) is 6.91. The predicted molar refractivity (Wildman–Crippen MR) is 116 cm³/mol. The van der Waals surface area contributed by atoms with Gasteiger partial charge in [-0.05, 0) is 44.0 Å². The van der Waals surface area contributed by atoms with Crippen LogP contribution in [-0.4, -0.2) is 43.8 Å². The van der Waals surface area contributed by atoms with E-state index in [9.17, 15) is 23.3 Å². The molecule has 1 N–H and O–H groups in total. The molecule has 0 atom stereocenters. The van der Waals surface area contributed by atoms with Crippen LogP contribution in [0.3, 0.4) is 0 Å². The van der Waals surface area contributed by atoms with E-state index in [2.05, 4.69) is 5.32 Å². The molecular weight excluding hydrogens is 422 g/mol. The van der Waals surface area contributed by atoms with Gasteiger partial charge in [0, 0.05) is 36.0 Å². The van der Waals surface area contributed by atoms with Gasteiger partial charge in [0.25, 0.3) is 11.6 Å². The molecule has 10 heteroatoms. The number of nitrogens with zero attached hydrogens (tertiary/aromatic N) is 2. The number of aryl methyl sites for hydroxylation is 1. The Bertz CT molecular complexity index is 1090. The summed E-state index contributed by atoms with van der Waals surface area (Å²) < 4.78 is 33.2. The highest BCUT2D eigenvalue weighted by Gasteiger charge is 2.29. The summed E-state index contributed by atoms with van der Waals surface area (Å²) in [6, 6.07) is 8.55. The lowest BCUT2D eigenvalue weighted by Gasteiger charge is -2.21. The van der Waals surface area contributed by atoms with E-state index < -0.39 is 20.9 Å². The first kappa shape index (κ1) is 22.7. The number of benzene rings is 2. The van der Waals surface area contributed by atoms with Crippen LogP contribution in [-0.2, 0) is 10.0 Å². The maximum Gasteiger partial charge on any atom is 0.274 e. The van der Waals surface area contributed by atoms with Gasteiger partial charge in [-0.3, -0.25) is 14.9 Å². The summed E-state index contributed by atoms with van der Waals surface area (Å²) in [5.74, 6) is -0.417. The summed E-state index contributed by atoms with van der Waals surface area (Å²) in [6.07, 6.45) is 3.53. The molecular formula is C21H25N3O6S. The van der Waals surface area contributed by atoms with Gasteiger partial charge in [-0.25, -0.2) is 8.42 Å². The highest BCUT2D eigenvalue weighted by Crippen LogP contribution is 2.30. The zero-order valence-electron chi connectivity index (χ0n) is 17.5. The number of sulfonamides is 1. The Labute approximate surface area is 181 Å².